The van der Waals surface area contributed by atoms with Crippen molar-refractivity contribution in [3.8, 4) is 0 Å². The number of hydrogen-bond acceptors (Lipinski definition) is 2. The van der Waals surface area contributed by atoms with Gasteiger partial charge in [0.2, 0.25) is 0 Å². The molecule has 0 aromatic carbocycles. The summed E-state index contributed by atoms with van der Waals surface area (Å²) < 4.78 is 1.27. The first-order valence-electron chi connectivity index (χ1n) is 7.20. The van der Waals surface area contributed by atoms with E-state index in [-0.39, 0.29) is 0 Å². The van der Waals surface area contributed by atoms with Crippen LogP contribution in [-0.4, -0.2) is 6.54 Å². The van der Waals surface area contributed by atoms with Crippen molar-refractivity contribution in [1.82, 2.24) is 5.32 Å². The minimum atomic E-state index is 0.561. The van der Waals surface area contributed by atoms with Gasteiger partial charge in [0.1, 0.15) is 0 Å². The van der Waals surface area contributed by atoms with E-state index in [0.717, 1.165) is 12.5 Å². The van der Waals surface area contributed by atoms with Crippen LogP contribution in [-0.2, 0) is 0 Å². The second-order valence-corrected chi connectivity index (χ2v) is 7.53. The van der Waals surface area contributed by atoms with E-state index in [9.17, 15) is 0 Å². The van der Waals surface area contributed by atoms with Gasteiger partial charge in [-0.05, 0) is 54.2 Å². The highest BCUT2D eigenvalue weighted by Crippen LogP contribution is 2.35. The van der Waals surface area contributed by atoms with Crippen molar-refractivity contribution in [1.29, 1.82) is 0 Å². The number of thiophene rings is 1. The van der Waals surface area contributed by atoms with Crippen molar-refractivity contribution in [2.24, 2.45) is 5.92 Å². The molecule has 1 N–H and O–H groups in total. The lowest BCUT2D eigenvalue weighted by molar-refractivity contribution is 0.420. The first-order chi connectivity index (χ1) is 8.70. The summed E-state index contributed by atoms with van der Waals surface area (Å²) in [5.74, 6) is 0.996. The number of aryl methyl sites for hydroxylation is 1. The van der Waals surface area contributed by atoms with Crippen molar-refractivity contribution in [2.45, 2.75) is 58.4 Å². The number of halogens is 1. The summed E-state index contributed by atoms with van der Waals surface area (Å²) in [6.07, 6.45) is 8.54. The monoisotopic (exact) mass is 329 g/mol. The van der Waals surface area contributed by atoms with Crippen molar-refractivity contribution in [2.75, 3.05) is 6.54 Å². The number of rotatable bonds is 6. The number of nitrogens with one attached hydrogen (secondary N) is 1. The Hall–Kier alpha value is 0.140. The van der Waals surface area contributed by atoms with Crippen molar-refractivity contribution in [3.05, 3.63) is 20.3 Å². The van der Waals surface area contributed by atoms with E-state index >= 15 is 0 Å². The molecule has 2 rings (SSSR count). The zero-order chi connectivity index (χ0) is 13.0. The van der Waals surface area contributed by atoms with Crippen LogP contribution < -0.4 is 5.32 Å². The summed E-state index contributed by atoms with van der Waals surface area (Å²) >= 11 is 5.57. The molecule has 0 aliphatic heterocycles. The molecular weight excluding hydrogens is 306 g/mol. The zero-order valence-electron chi connectivity index (χ0n) is 11.5. The molecule has 0 bridgehead atoms. The van der Waals surface area contributed by atoms with Crippen LogP contribution >= 0.6 is 27.3 Å². The van der Waals surface area contributed by atoms with Crippen LogP contribution in [0, 0.1) is 12.8 Å². The standard InChI is InChI=1S/C15H24BrNS/c1-3-17-14(9-8-12-6-4-5-7-12)15-10-13(16)11(2)18-15/h10,12,14,17H,3-9H2,1-2H3. The second kappa shape index (κ2) is 7.06. The molecule has 1 heterocycles. The average molecular weight is 330 g/mol. The van der Waals surface area contributed by atoms with E-state index < -0.39 is 0 Å². The maximum absolute atomic E-state index is 3.65. The topological polar surface area (TPSA) is 12.0 Å². The maximum Gasteiger partial charge on any atom is 0.0415 e. The Bertz CT molecular complexity index is 349. The molecule has 3 heteroatoms. The Balaban J connectivity index is 1.94. The predicted molar refractivity (Wildman–Crippen MR) is 84.4 cm³/mol. The first kappa shape index (κ1) is 14.5. The Morgan fingerprint density at radius 3 is 2.72 bits per heavy atom. The molecule has 1 unspecified atom stereocenters. The molecule has 0 radical (unpaired) electrons. The molecule has 18 heavy (non-hydrogen) atoms. The Morgan fingerprint density at radius 1 is 1.44 bits per heavy atom. The van der Waals surface area contributed by atoms with Crippen LogP contribution in [0.4, 0.5) is 0 Å². The summed E-state index contributed by atoms with van der Waals surface area (Å²) in [4.78, 5) is 2.90. The maximum atomic E-state index is 3.65. The molecule has 0 spiro atoms. The summed E-state index contributed by atoms with van der Waals surface area (Å²) in [6, 6.07) is 2.87. The molecule has 0 amide bonds. The molecule has 102 valence electrons. The van der Waals surface area contributed by atoms with Gasteiger partial charge in [0.05, 0.1) is 0 Å². The highest BCUT2D eigenvalue weighted by atomic mass is 79.9. The fourth-order valence-corrected chi connectivity index (χ4v) is 4.62. The molecular formula is C15H24BrNS. The summed E-state index contributed by atoms with van der Waals surface area (Å²) in [5, 5.41) is 3.65. The lowest BCUT2D eigenvalue weighted by atomic mass is 9.98. The van der Waals surface area contributed by atoms with Gasteiger partial charge in [-0.3, -0.25) is 0 Å². The molecule has 1 aromatic heterocycles. The molecule has 0 saturated heterocycles. The van der Waals surface area contributed by atoms with E-state index in [2.05, 4.69) is 41.2 Å². The molecule has 1 aliphatic carbocycles. The van der Waals surface area contributed by atoms with Gasteiger partial charge in [-0.15, -0.1) is 11.3 Å². The van der Waals surface area contributed by atoms with Crippen molar-refractivity contribution < 1.29 is 0 Å². The van der Waals surface area contributed by atoms with Gasteiger partial charge in [0.15, 0.2) is 0 Å². The van der Waals surface area contributed by atoms with Gasteiger partial charge in [0, 0.05) is 20.3 Å². The van der Waals surface area contributed by atoms with Crippen LogP contribution in [0.1, 0.15) is 61.2 Å². The Morgan fingerprint density at radius 2 is 2.17 bits per heavy atom. The lowest BCUT2D eigenvalue weighted by Crippen LogP contribution is -2.20. The van der Waals surface area contributed by atoms with Crippen LogP contribution in [0.3, 0.4) is 0 Å². The van der Waals surface area contributed by atoms with Crippen molar-refractivity contribution in [3.63, 3.8) is 0 Å². The van der Waals surface area contributed by atoms with Gasteiger partial charge in [-0.1, -0.05) is 32.6 Å². The Kier molecular flexibility index (Phi) is 5.71. The van der Waals surface area contributed by atoms with E-state index in [1.807, 2.05) is 11.3 Å². The van der Waals surface area contributed by atoms with Gasteiger partial charge in [-0.25, -0.2) is 0 Å². The fourth-order valence-electron chi connectivity index (χ4n) is 2.95. The van der Waals surface area contributed by atoms with Gasteiger partial charge in [-0.2, -0.15) is 0 Å². The third-order valence-electron chi connectivity index (χ3n) is 4.01. The minimum absolute atomic E-state index is 0.561. The highest BCUT2D eigenvalue weighted by molar-refractivity contribution is 9.10. The fraction of sp³-hybridized carbons (Fsp3) is 0.733. The quantitative estimate of drug-likeness (QED) is 0.732. The van der Waals surface area contributed by atoms with Crippen LogP contribution in [0.2, 0.25) is 0 Å². The van der Waals surface area contributed by atoms with E-state index in [1.54, 1.807) is 0 Å². The predicted octanol–water partition coefficient (Wildman–Crippen LogP) is 5.44. The third-order valence-corrected chi connectivity index (χ3v) is 6.26. The molecule has 1 nitrogen and oxygen atoms in total. The van der Waals surface area contributed by atoms with Crippen molar-refractivity contribution >= 4 is 27.3 Å². The highest BCUT2D eigenvalue weighted by Gasteiger charge is 2.19. The smallest absolute Gasteiger partial charge is 0.0415 e. The molecule has 1 aromatic rings. The third kappa shape index (κ3) is 3.82. The molecule has 1 saturated carbocycles. The first-order valence-corrected chi connectivity index (χ1v) is 8.81. The van der Waals surface area contributed by atoms with Crippen LogP contribution in [0.5, 0.6) is 0 Å². The van der Waals surface area contributed by atoms with Gasteiger partial charge in [0.25, 0.3) is 0 Å². The van der Waals surface area contributed by atoms with E-state index in [0.29, 0.717) is 6.04 Å². The summed E-state index contributed by atoms with van der Waals surface area (Å²) in [6.45, 7) is 5.46. The molecule has 1 fully saturated rings. The van der Waals surface area contributed by atoms with Crippen LogP contribution in [0.25, 0.3) is 0 Å². The van der Waals surface area contributed by atoms with Crippen LogP contribution in [0.15, 0.2) is 10.5 Å². The number of hydrogen-bond donors (Lipinski definition) is 1. The summed E-state index contributed by atoms with van der Waals surface area (Å²) in [7, 11) is 0. The average Bonchev–Trinajstić information content (AvgIpc) is 2.96. The normalized spacial score (nSPS) is 18.4. The zero-order valence-corrected chi connectivity index (χ0v) is 13.9. The Labute approximate surface area is 123 Å². The second-order valence-electron chi connectivity index (χ2n) is 5.39. The molecule has 1 atom stereocenters. The largest absolute Gasteiger partial charge is 0.310 e. The summed E-state index contributed by atoms with van der Waals surface area (Å²) in [5.41, 5.74) is 0. The van der Waals surface area contributed by atoms with Gasteiger partial charge >= 0.3 is 0 Å². The molecule has 1 aliphatic rings. The SMILES string of the molecule is CCNC(CCC1CCCC1)c1cc(Br)c(C)s1. The minimum Gasteiger partial charge on any atom is -0.310 e. The van der Waals surface area contributed by atoms with E-state index in [4.69, 9.17) is 0 Å². The van der Waals surface area contributed by atoms with E-state index in [1.165, 1.54) is 52.8 Å². The lowest BCUT2D eigenvalue weighted by Gasteiger charge is -2.18. The van der Waals surface area contributed by atoms with Gasteiger partial charge < -0.3 is 5.32 Å².